The standard InChI is InChI=1S/C22H22N4O/c1-13-16-8-4-5-9-18(16)23-14(2)17(13)12-21(27)24-15(3)22-25-19-10-6-7-11-20(19)26-22/h4-11,15H,12H2,1-3H3,(H,24,27)(H,25,26)/t15-/m1/s1. The highest BCUT2D eigenvalue weighted by Gasteiger charge is 2.17. The van der Waals surface area contributed by atoms with Gasteiger partial charge in [-0.15, -0.1) is 0 Å². The van der Waals surface area contributed by atoms with Gasteiger partial charge in [0, 0.05) is 11.1 Å². The third-order valence-electron chi connectivity index (χ3n) is 5.02. The molecular weight excluding hydrogens is 336 g/mol. The molecule has 0 bridgehead atoms. The number of carbonyl (C=O) groups is 1. The number of H-pyrrole nitrogens is 1. The number of para-hydroxylation sites is 3. The van der Waals surface area contributed by atoms with Crippen molar-refractivity contribution >= 4 is 27.8 Å². The Kier molecular flexibility index (Phi) is 4.36. The van der Waals surface area contributed by atoms with Gasteiger partial charge in [0.05, 0.1) is 29.0 Å². The predicted octanol–water partition coefficient (Wildman–Crippen LogP) is 4.15. The van der Waals surface area contributed by atoms with Crippen LogP contribution in [0.5, 0.6) is 0 Å². The number of aromatic amines is 1. The molecule has 0 unspecified atom stereocenters. The number of rotatable bonds is 4. The summed E-state index contributed by atoms with van der Waals surface area (Å²) < 4.78 is 0. The Morgan fingerprint density at radius 2 is 1.74 bits per heavy atom. The van der Waals surface area contributed by atoms with Gasteiger partial charge in [-0.05, 0) is 50.1 Å². The van der Waals surface area contributed by atoms with E-state index in [-0.39, 0.29) is 11.9 Å². The van der Waals surface area contributed by atoms with Crippen LogP contribution >= 0.6 is 0 Å². The lowest BCUT2D eigenvalue weighted by molar-refractivity contribution is -0.121. The normalized spacial score (nSPS) is 12.4. The highest BCUT2D eigenvalue weighted by Crippen LogP contribution is 2.23. The van der Waals surface area contributed by atoms with Crippen molar-refractivity contribution in [3.05, 3.63) is 71.2 Å². The molecule has 1 atom stereocenters. The van der Waals surface area contributed by atoms with Gasteiger partial charge in [0.2, 0.25) is 5.91 Å². The van der Waals surface area contributed by atoms with Gasteiger partial charge in [-0.25, -0.2) is 4.98 Å². The fourth-order valence-electron chi connectivity index (χ4n) is 3.53. The number of hydrogen-bond donors (Lipinski definition) is 2. The number of aryl methyl sites for hydroxylation is 2. The molecule has 0 saturated heterocycles. The molecule has 0 spiro atoms. The molecule has 2 aromatic carbocycles. The Bertz CT molecular complexity index is 1110. The number of pyridine rings is 1. The van der Waals surface area contributed by atoms with Crippen molar-refractivity contribution < 1.29 is 4.79 Å². The molecule has 0 aliphatic rings. The number of nitrogens with one attached hydrogen (secondary N) is 2. The fraction of sp³-hybridized carbons (Fsp3) is 0.227. The smallest absolute Gasteiger partial charge is 0.225 e. The van der Waals surface area contributed by atoms with Crippen LogP contribution < -0.4 is 5.32 Å². The number of amides is 1. The van der Waals surface area contributed by atoms with Gasteiger partial charge in [0.15, 0.2) is 0 Å². The molecule has 4 aromatic rings. The van der Waals surface area contributed by atoms with Crippen LogP contribution in [0.4, 0.5) is 0 Å². The highest BCUT2D eigenvalue weighted by molar-refractivity contribution is 5.86. The van der Waals surface area contributed by atoms with E-state index in [1.54, 1.807) is 0 Å². The van der Waals surface area contributed by atoms with Crippen molar-refractivity contribution in [2.24, 2.45) is 0 Å². The van der Waals surface area contributed by atoms with Gasteiger partial charge in [-0.2, -0.15) is 0 Å². The number of aromatic nitrogens is 3. The molecule has 2 heterocycles. The Morgan fingerprint density at radius 1 is 1.04 bits per heavy atom. The number of hydrogen-bond acceptors (Lipinski definition) is 3. The Balaban J connectivity index is 1.54. The first kappa shape index (κ1) is 17.2. The van der Waals surface area contributed by atoms with Crippen molar-refractivity contribution in [2.75, 3.05) is 0 Å². The van der Waals surface area contributed by atoms with Crippen LogP contribution in [-0.4, -0.2) is 20.9 Å². The van der Waals surface area contributed by atoms with Crippen LogP contribution in [-0.2, 0) is 11.2 Å². The first-order chi connectivity index (χ1) is 13.0. The van der Waals surface area contributed by atoms with Gasteiger partial charge in [0.25, 0.3) is 0 Å². The Morgan fingerprint density at radius 3 is 2.52 bits per heavy atom. The monoisotopic (exact) mass is 358 g/mol. The molecule has 2 N–H and O–H groups in total. The summed E-state index contributed by atoms with van der Waals surface area (Å²) in [6, 6.07) is 15.7. The first-order valence-electron chi connectivity index (χ1n) is 9.12. The van der Waals surface area contributed by atoms with Crippen molar-refractivity contribution in [1.29, 1.82) is 0 Å². The lowest BCUT2D eigenvalue weighted by Crippen LogP contribution is -2.29. The van der Waals surface area contributed by atoms with Gasteiger partial charge in [-0.1, -0.05) is 30.3 Å². The molecule has 136 valence electrons. The number of benzene rings is 2. The van der Waals surface area contributed by atoms with Gasteiger partial charge in [0.1, 0.15) is 5.82 Å². The molecule has 0 aliphatic heterocycles. The van der Waals surface area contributed by atoms with Crippen molar-refractivity contribution in [3.63, 3.8) is 0 Å². The lowest BCUT2D eigenvalue weighted by atomic mass is 9.99. The summed E-state index contributed by atoms with van der Waals surface area (Å²) in [6.45, 7) is 5.96. The molecule has 1 amide bonds. The molecule has 2 aromatic heterocycles. The molecule has 5 nitrogen and oxygen atoms in total. The summed E-state index contributed by atoms with van der Waals surface area (Å²) in [5.74, 6) is 0.723. The minimum absolute atomic E-state index is 0.0359. The average molecular weight is 358 g/mol. The zero-order valence-electron chi connectivity index (χ0n) is 15.7. The van der Waals surface area contributed by atoms with E-state index >= 15 is 0 Å². The zero-order chi connectivity index (χ0) is 19.0. The van der Waals surface area contributed by atoms with E-state index in [0.29, 0.717) is 6.42 Å². The number of nitrogens with zero attached hydrogens (tertiary/aromatic N) is 2. The van der Waals surface area contributed by atoms with Crippen LogP contribution in [0.25, 0.3) is 21.9 Å². The quantitative estimate of drug-likeness (QED) is 0.576. The van der Waals surface area contributed by atoms with Crippen LogP contribution in [0, 0.1) is 13.8 Å². The summed E-state index contributed by atoms with van der Waals surface area (Å²) in [4.78, 5) is 25.2. The Hall–Kier alpha value is -3.21. The summed E-state index contributed by atoms with van der Waals surface area (Å²) >= 11 is 0. The summed E-state index contributed by atoms with van der Waals surface area (Å²) in [5, 5.41) is 4.14. The molecule has 5 heteroatoms. The van der Waals surface area contributed by atoms with Crippen molar-refractivity contribution in [2.45, 2.75) is 33.2 Å². The van der Waals surface area contributed by atoms with E-state index in [4.69, 9.17) is 0 Å². The van der Waals surface area contributed by atoms with E-state index < -0.39 is 0 Å². The topological polar surface area (TPSA) is 70.7 Å². The predicted molar refractivity (Wildman–Crippen MR) is 108 cm³/mol. The number of carbonyl (C=O) groups excluding carboxylic acids is 1. The lowest BCUT2D eigenvalue weighted by Gasteiger charge is -2.15. The van der Waals surface area contributed by atoms with Crippen LogP contribution in [0.3, 0.4) is 0 Å². The summed E-state index contributed by atoms with van der Waals surface area (Å²) in [5.41, 5.74) is 5.84. The summed E-state index contributed by atoms with van der Waals surface area (Å²) in [7, 11) is 0. The van der Waals surface area contributed by atoms with Crippen molar-refractivity contribution in [3.8, 4) is 0 Å². The van der Waals surface area contributed by atoms with E-state index in [1.165, 1.54) is 0 Å². The van der Waals surface area contributed by atoms with E-state index in [2.05, 4.69) is 33.3 Å². The molecule has 27 heavy (non-hydrogen) atoms. The van der Waals surface area contributed by atoms with E-state index in [0.717, 1.165) is 44.6 Å². The number of fused-ring (bicyclic) bond motifs is 2. The van der Waals surface area contributed by atoms with E-state index in [1.807, 2.05) is 56.3 Å². The molecular formula is C22H22N4O. The van der Waals surface area contributed by atoms with Crippen LogP contribution in [0.15, 0.2) is 48.5 Å². The third kappa shape index (κ3) is 3.28. The molecule has 0 saturated carbocycles. The fourth-order valence-corrected chi connectivity index (χ4v) is 3.53. The highest BCUT2D eigenvalue weighted by atomic mass is 16.1. The molecule has 4 rings (SSSR count). The maximum absolute atomic E-state index is 12.7. The third-order valence-corrected chi connectivity index (χ3v) is 5.02. The first-order valence-corrected chi connectivity index (χ1v) is 9.12. The minimum atomic E-state index is -0.195. The number of imidazole rings is 1. The molecule has 0 aliphatic carbocycles. The average Bonchev–Trinajstić information content (AvgIpc) is 3.09. The second-order valence-electron chi connectivity index (χ2n) is 6.92. The summed E-state index contributed by atoms with van der Waals surface area (Å²) in [6.07, 6.45) is 0.306. The zero-order valence-corrected chi connectivity index (χ0v) is 15.7. The second kappa shape index (κ2) is 6.83. The SMILES string of the molecule is Cc1nc2ccccc2c(C)c1CC(=O)N[C@H](C)c1nc2ccccc2[nH]1. The van der Waals surface area contributed by atoms with Crippen molar-refractivity contribution in [1.82, 2.24) is 20.3 Å². The van der Waals surface area contributed by atoms with Gasteiger partial charge in [-0.3, -0.25) is 9.78 Å². The molecule has 0 radical (unpaired) electrons. The second-order valence-corrected chi connectivity index (χ2v) is 6.92. The van der Waals surface area contributed by atoms with E-state index in [9.17, 15) is 4.79 Å². The van der Waals surface area contributed by atoms with Crippen LogP contribution in [0.2, 0.25) is 0 Å². The maximum Gasteiger partial charge on any atom is 0.225 e. The largest absolute Gasteiger partial charge is 0.346 e. The maximum atomic E-state index is 12.7. The minimum Gasteiger partial charge on any atom is -0.346 e. The van der Waals surface area contributed by atoms with Gasteiger partial charge < -0.3 is 10.3 Å². The Labute approximate surface area is 157 Å². The van der Waals surface area contributed by atoms with Crippen LogP contribution in [0.1, 0.15) is 35.6 Å². The van der Waals surface area contributed by atoms with Gasteiger partial charge >= 0.3 is 0 Å². The molecule has 0 fully saturated rings.